The van der Waals surface area contributed by atoms with Crippen LogP contribution < -0.4 is 5.32 Å². The second-order valence-corrected chi connectivity index (χ2v) is 10.1. The van der Waals surface area contributed by atoms with Crippen LogP contribution >= 0.6 is 11.3 Å². The predicted molar refractivity (Wildman–Crippen MR) is 123 cm³/mol. The van der Waals surface area contributed by atoms with Crippen LogP contribution in [0.3, 0.4) is 0 Å². The molecule has 5 aromatic rings. The van der Waals surface area contributed by atoms with Crippen LogP contribution in [-0.4, -0.2) is 29.1 Å². The number of benzene rings is 3. The van der Waals surface area contributed by atoms with E-state index in [2.05, 4.69) is 15.4 Å². The zero-order chi connectivity index (χ0) is 22.3. The lowest BCUT2D eigenvalue weighted by molar-refractivity contribution is 0.0951. The number of aromatic nitrogens is 3. The van der Waals surface area contributed by atoms with E-state index in [0.717, 1.165) is 21.3 Å². The Hall–Kier alpha value is -3.56. The van der Waals surface area contributed by atoms with E-state index in [9.17, 15) is 13.2 Å². The summed E-state index contributed by atoms with van der Waals surface area (Å²) in [6.07, 6.45) is 1.57. The summed E-state index contributed by atoms with van der Waals surface area (Å²) in [5, 5.41) is 7.63. The van der Waals surface area contributed by atoms with Crippen LogP contribution in [0, 0.1) is 0 Å². The normalized spacial score (nSPS) is 11.8. The minimum absolute atomic E-state index is 0.194. The van der Waals surface area contributed by atoms with E-state index in [1.54, 1.807) is 65.9 Å². The molecule has 32 heavy (non-hydrogen) atoms. The third-order valence-electron chi connectivity index (χ3n) is 5.32. The number of carbonyl (C=O) groups excluding carboxylic acids is 1. The Labute approximate surface area is 188 Å². The molecular weight excluding hydrogens is 444 g/mol. The van der Waals surface area contributed by atoms with E-state index in [1.165, 1.54) is 11.3 Å². The first-order valence-electron chi connectivity index (χ1n) is 9.80. The molecule has 0 radical (unpaired) electrons. The molecule has 0 aliphatic rings. The Morgan fingerprint density at radius 2 is 1.91 bits per heavy atom. The molecule has 0 atom stereocenters. The van der Waals surface area contributed by atoms with Gasteiger partial charge in [-0.3, -0.25) is 9.48 Å². The van der Waals surface area contributed by atoms with Crippen molar-refractivity contribution in [2.75, 3.05) is 0 Å². The van der Waals surface area contributed by atoms with Crippen molar-refractivity contribution in [3.8, 4) is 0 Å². The van der Waals surface area contributed by atoms with Gasteiger partial charge in [0.2, 0.25) is 9.84 Å². The molecule has 0 saturated heterocycles. The molecule has 7 nitrogen and oxygen atoms in total. The molecule has 0 bridgehead atoms. The van der Waals surface area contributed by atoms with Gasteiger partial charge in [0.25, 0.3) is 5.91 Å². The molecule has 2 heterocycles. The molecule has 0 fully saturated rings. The highest BCUT2D eigenvalue weighted by Crippen LogP contribution is 2.28. The van der Waals surface area contributed by atoms with Crippen molar-refractivity contribution < 1.29 is 13.2 Å². The topological polar surface area (TPSA) is 94.0 Å². The fourth-order valence-electron chi connectivity index (χ4n) is 3.58. The van der Waals surface area contributed by atoms with Crippen molar-refractivity contribution in [1.29, 1.82) is 0 Å². The summed E-state index contributed by atoms with van der Waals surface area (Å²) in [5.41, 5.74) is 4.73. The van der Waals surface area contributed by atoms with Crippen molar-refractivity contribution in [3.63, 3.8) is 0 Å². The molecule has 9 heteroatoms. The third kappa shape index (κ3) is 3.55. The Balaban J connectivity index is 1.33. The first-order valence-corrected chi connectivity index (χ1v) is 12.2. The van der Waals surface area contributed by atoms with E-state index in [4.69, 9.17) is 0 Å². The zero-order valence-corrected chi connectivity index (χ0v) is 18.7. The van der Waals surface area contributed by atoms with Gasteiger partial charge in [0, 0.05) is 24.5 Å². The lowest BCUT2D eigenvalue weighted by Crippen LogP contribution is -2.22. The van der Waals surface area contributed by atoms with Crippen molar-refractivity contribution in [2.24, 2.45) is 7.05 Å². The van der Waals surface area contributed by atoms with Gasteiger partial charge >= 0.3 is 0 Å². The molecule has 5 rings (SSSR count). The van der Waals surface area contributed by atoms with Gasteiger partial charge in [-0.1, -0.05) is 18.2 Å². The summed E-state index contributed by atoms with van der Waals surface area (Å²) in [5.74, 6) is -0.194. The number of nitrogens with zero attached hydrogens (tertiary/aromatic N) is 3. The van der Waals surface area contributed by atoms with E-state index in [0.29, 0.717) is 10.9 Å². The number of fused-ring (bicyclic) bond motifs is 2. The second kappa shape index (κ2) is 7.85. The Morgan fingerprint density at radius 3 is 2.72 bits per heavy atom. The summed E-state index contributed by atoms with van der Waals surface area (Å²) in [6.45, 7) is 0.290. The average molecular weight is 463 g/mol. The average Bonchev–Trinajstić information content (AvgIpc) is 3.43. The number of carbonyl (C=O) groups is 1. The van der Waals surface area contributed by atoms with Gasteiger partial charge in [0.1, 0.15) is 0 Å². The summed E-state index contributed by atoms with van der Waals surface area (Å²) in [4.78, 5) is 17.1. The molecule has 0 spiro atoms. The predicted octanol–water partition coefficient (Wildman–Crippen LogP) is 3.95. The molecule has 2 aromatic heterocycles. The lowest BCUT2D eigenvalue weighted by atomic mass is 10.2. The number of sulfone groups is 1. The fraction of sp³-hybridized carbons (Fsp3) is 0.0870. The van der Waals surface area contributed by atoms with Crippen molar-refractivity contribution in [2.45, 2.75) is 16.3 Å². The van der Waals surface area contributed by atoms with E-state index < -0.39 is 9.84 Å². The van der Waals surface area contributed by atoms with Crippen LogP contribution in [0.15, 0.2) is 82.2 Å². The van der Waals surface area contributed by atoms with Crippen LogP contribution in [-0.2, 0) is 23.4 Å². The van der Waals surface area contributed by atoms with Gasteiger partial charge in [-0.05, 0) is 48.0 Å². The van der Waals surface area contributed by atoms with Crippen molar-refractivity contribution in [3.05, 3.63) is 83.5 Å². The molecule has 3 aromatic carbocycles. The number of nitrogens with one attached hydrogen (secondary N) is 1. The fourth-order valence-corrected chi connectivity index (χ4v) is 5.75. The van der Waals surface area contributed by atoms with Gasteiger partial charge in [-0.15, -0.1) is 11.3 Å². The highest BCUT2D eigenvalue weighted by Gasteiger charge is 2.21. The number of rotatable bonds is 5. The van der Waals surface area contributed by atoms with E-state index >= 15 is 0 Å². The maximum absolute atomic E-state index is 13.2. The summed E-state index contributed by atoms with van der Waals surface area (Å²) >= 11 is 1.48. The molecule has 0 saturated carbocycles. The quantitative estimate of drug-likeness (QED) is 0.427. The summed E-state index contributed by atoms with van der Waals surface area (Å²) in [6, 6.07) is 17.1. The SMILES string of the molecule is Cn1ncc2c(S(=O)(=O)c3ccc(CNC(=O)c4ccc5ncsc5c4)cc3)cccc21. The first-order chi connectivity index (χ1) is 15.4. The smallest absolute Gasteiger partial charge is 0.251 e. The standard InChI is InChI=1S/C23H18N4O3S2/c1-27-20-3-2-4-22(18(20)13-26-27)32(29,30)17-8-5-15(6-9-17)12-24-23(28)16-7-10-19-21(11-16)31-14-25-19/h2-11,13-14H,12H2,1H3,(H,24,28). The largest absolute Gasteiger partial charge is 0.348 e. The van der Waals surface area contributed by atoms with Gasteiger partial charge in [-0.25, -0.2) is 13.4 Å². The highest BCUT2D eigenvalue weighted by atomic mass is 32.2. The molecule has 160 valence electrons. The van der Waals surface area contributed by atoms with Crippen LogP contribution in [0.2, 0.25) is 0 Å². The monoisotopic (exact) mass is 462 g/mol. The van der Waals surface area contributed by atoms with Gasteiger partial charge < -0.3 is 5.32 Å². The molecule has 1 N–H and O–H groups in total. The molecular formula is C23H18N4O3S2. The first kappa shape index (κ1) is 20.3. The number of aryl methyl sites for hydroxylation is 1. The number of amides is 1. The minimum atomic E-state index is -3.70. The van der Waals surface area contributed by atoms with Crippen LogP contribution in [0.1, 0.15) is 15.9 Å². The second-order valence-electron chi connectivity index (χ2n) is 7.32. The molecule has 1 amide bonds. The number of thiazole rings is 1. The molecule has 0 aliphatic carbocycles. The third-order valence-corrected chi connectivity index (χ3v) is 7.94. The summed E-state index contributed by atoms with van der Waals surface area (Å²) < 4.78 is 29.0. The maximum Gasteiger partial charge on any atom is 0.251 e. The Bertz CT molecular complexity index is 1570. The van der Waals surface area contributed by atoms with Gasteiger partial charge in [-0.2, -0.15) is 5.10 Å². The highest BCUT2D eigenvalue weighted by molar-refractivity contribution is 7.91. The number of hydrogen-bond donors (Lipinski definition) is 1. The minimum Gasteiger partial charge on any atom is -0.348 e. The summed E-state index contributed by atoms with van der Waals surface area (Å²) in [7, 11) is -1.93. The molecule has 0 unspecified atom stereocenters. The lowest BCUT2D eigenvalue weighted by Gasteiger charge is -2.09. The number of hydrogen-bond acceptors (Lipinski definition) is 6. The van der Waals surface area contributed by atoms with Crippen molar-refractivity contribution >= 4 is 48.2 Å². The van der Waals surface area contributed by atoms with E-state index in [-0.39, 0.29) is 22.2 Å². The van der Waals surface area contributed by atoms with Crippen LogP contribution in [0.5, 0.6) is 0 Å². The van der Waals surface area contributed by atoms with Crippen LogP contribution in [0.4, 0.5) is 0 Å². The van der Waals surface area contributed by atoms with Gasteiger partial charge in [0.15, 0.2) is 0 Å². The van der Waals surface area contributed by atoms with Gasteiger partial charge in [0.05, 0.1) is 37.2 Å². The van der Waals surface area contributed by atoms with Crippen molar-refractivity contribution in [1.82, 2.24) is 20.1 Å². The Kier molecular flexibility index (Phi) is 4.99. The zero-order valence-electron chi connectivity index (χ0n) is 17.0. The van der Waals surface area contributed by atoms with Crippen LogP contribution in [0.25, 0.3) is 21.1 Å². The Morgan fingerprint density at radius 1 is 1.09 bits per heavy atom. The maximum atomic E-state index is 13.2. The molecule has 0 aliphatic heterocycles. The van der Waals surface area contributed by atoms with E-state index in [1.807, 2.05) is 18.2 Å².